The van der Waals surface area contributed by atoms with Crippen LogP contribution in [-0.4, -0.2) is 31.5 Å². The van der Waals surface area contributed by atoms with Gasteiger partial charge in [-0.2, -0.15) is 4.37 Å². The van der Waals surface area contributed by atoms with Crippen LogP contribution in [0.1, 0.15) is 19.9 Å². The van der Waals surface area contributed by atoms with Crippen molar-refractivity contribution in [2.75, 3.05) is 7.11 Å². The average Bonchev–Trinajstić information content (AvgIpc) is 3.28. The summed E-state index contributed by atoms with van der Waals surface area (Å²) in [7, 11) is 1.65. The van der Waals surface area contributed by atoms with E-state index in [4.69, 9.17) is 4.74 Å². The summed E-state index contributed by atoms with van der Waals surface area (Å²) in [6, 6.07) is 14.1. The minimum absolute atomic E-state index is 0.273. The summed E-state index contributed by atoms with van der Waals surface area (Å²) in [6.07, 6.45) is 0. The van der Waals surface area contributed by atoms with Crippen molar-refractivity contribution in [1.29, 1.82) is 0 Å². The molecule has 0 fully saturated rings. The number of para-hydroxylation sites is 1. The summed E-state index contributed by atoms with van der Waals surface area (Å²) in [5, 5.41) is 9.34. The van der Waals surface area contributed by atoms with Crippen molar-refractivity contribution in [3.63, 3.8) is 0 Å². The Hall–Kier alpha value is -2.80. The molecule has 0 unspecified atom stereocenters. The van der Waals surface area contributed by atoms with E-state index < -0.39 is 0 Å². The molecule has 7 heteroatoms. The molecule has 0 atom stereocenters. The molecule has 2 aromatic heterocycles. The molecule has 2 aromatic carbocycles. The summed E-state index contributed by atoms with van der Waals surface area (Å²) < 4.78 is 11.8. The van der Waals surface area contributed by atoms with E-state index in [1.165, 1.54) is 11.5 Å². The molecule has 0 aliphatic heterocycles. The minimum atomic E-state index is 0.273. The number of aromatic nitrogens is 5. The standard InChI is InChI=1S/C18H17N5OS/c1-11(2)23-15-9-8-12(10-14(15)20-22-23)18-19-17(21-25-18)13-6-4-5-7-16(13)24-3/h4-11H,1-3H3. The monoisotopic (exact) mass is 351 g/mol. The van der Waals surface area contributed by atoms with Crippen molar-refractivity contribution in [3.05, 3.63) is 42.5 Å². The van der Waals surface area contributed by atoms with Gasteiger partial charge in [-0.1, -0.05) is 17.3 Å². The topological polar surface area (TPSA) is 65.7 Å². The van der Waals surface area contributed by atoms with Gasteiger partial charge in [-0.25, -0.2) is 9.67 Å². The highest BCUT2D eigenvalue weighted by Gasteiger charge is 2.14. The summed E-state index contributed by atoms with van der Waals surface area (Å²) in [4.78, 5) is 4.68. The Morgan fingerprint density at radius 2 is 1.96 bits per heavy atom. The van der Waals surface area contributed by atoms with E-state index in [2.05, 4.69) is 33.5 Å². The summed E-state index contributed by atoms with van der Waals surface area (Å²) in [6.45, 7) is 4.18. The van der Waals surface area contributed by atoms with Crippen LogP contribution < -0.4 is 4.74 Å². The molecule has 0 saturated heterocycles. The normalized spacial score (nSPS) is 11.4. The second kappa shape index (κ2) is 6.25. The predicted octanol–water partition coefficient (Wildman–Crippen LogP) is 4.21. The SMILES string of the molecule is COc1ccccc1-c1nsc(-c2ccc3c(c2)nnn3C(C)C)n1. The van der Waals surface area contributed by atoms with Gasteiger partial charge in [-0.05, 0) is 55.7 Å². The van der Waals surface area contributed by atoms with Crippen LogP contribution in [-0.2, 0) is 0 Å². The van der Waals surface area contributed by atoms with Crippen LogP contribution in [0, 0.1) is 0 Å². The zero-order valence-electron chi connectivity index (χ0n) is 14.2. The number of ether oxygens (including phenoxy) is 1. The summed E-state index contributed by atoms with van der Waals surface area (Å²) in [5.74, 6) is 1.44. The summed E-state index contributed by atoms with van der Waals surface area (Å²) in [5.41, 5.74) is 3.76. The van der Waals surface area contributed by atoms with Crippen molar-refractivity contribution in [2.24, 2.45) is 0 Å². The third-order valence-electron chi connectivity index (χ3n) is 3.98. The van der Waals surface area contributed by atoms with Gasteiger partial charge in [0.25, 0.3) is 0 Å². The molecule has 25 heavy (non-hydrogen) atoms. The van der Waals surface area contributed by atoms with Gasteiger partial charge in [0, 0.05) is 11.6 Å². The van der Waals surface area contributed by atoms with E-state index >= 15 is 0 Å². The lowest BCUT2D eigenvalue weighted by molar-refractivity contribution is 0.416. The van der Waals surface area contributed by atoms with Crippen molar-refractivity contribution in [3.8, 4) is 27.7 Å². The minimum Gasteiger partial charge on any atom is -0.496 e. The second-order valence-corrected chi connectivity index (χ2v) is 6.71. The highest BCUT2D eigenvalue weighted by molar-refractivity contribution is 7.09. The highest BCUT2D eigenvalue weighted by Crippen LogP contribution is 2.32. The lowest BCUT2D eigenvalue weighted by atomic mass is 10.2. The Morgan fingerprint density at radius 1 is 1.12 bits per heavy atom. The molecule has 0 amide bonds. The largest absolute Gasteiger partial charge is 0.496 e. The molecular formula is C18H17N5OS. The number of rotatable bonds is 4. The quantitative estimate of drug-likeness (QED) is 0.551. The molecule has 4 aromatic rings. The average molecular weight is 351 g/mol. The zero-order chi connectivity index (χ0) is 17.4. The molecule has 0 N–H and O–H groups in total. The van der Waals surface area contributed by atoms with Crippen LogP contribution in [0.2, 0.25) is 0 Å². The Kier molecular flexibility index (Phi) is 3.93. The van der Waals surface area contributed by atoms with Crippen LogP contribution in [0.4, 0.5) is 0 Å². The third kappa shape index (κ3) is 2.76. The predicted molar refractivity (Wildman–Crippen MR) is 98.8 cm³/mol. The Morgan fingerprint density at radius 3 is 2.76 bits per heavy atom. The number of nitrogens with zero attached hydrogens (tertiary/aromatic N) is 5. The first kappa shape index (κ1) is 15.7. The first-order chi connectivity index (χ1) is 12.2. The number of methoxy groups -OCH3 is 1. The molecule has 6 nitrogen and oxygen atoms in total. The lowest BCUT2D eigenvalue weighted by Crippen LogP contribution is -2.02. The van der Waals surface area contributed by atoms with Crippen molar-refractivity contribution >= 4 is 22.6 Å². The second-order valence-electron chi connectivity index (χ2n) is 5.95. The first-order valence-corrected chi connectivity index (χ1v) is 8.77. The molecule has 126 valence electrons. The molecule has 0 aliphatic rings. The van der Waals surface area contributed by atoms with Crippen molar-refractivity contribution in [1.82, 2.24) is 24.4 Å². The smallest absolute Gasteiger partial charge is 0.177 e. The Labute approximate surface area is 149 Å². The van der Waals surface area contributed by atoms with Gasteiger partial charge >= 0.3 is 0 Å². The molecule has 4 rings (SSSR count). The fraction of sp³-hybridized carbons (Fsp3) is 0.222. The maximum Gasteiger partial charge on any atom is 0.177 e. The van der Waals surface area contributed by atoms with Crippen LogP contribution in [0.15, 0.2) is 42.5 Å². The number of benzene rings is 2. The van der Waals surface area contributed by atoms with E-state index in [9.17, 15) is 0 Å². The molecule has 2 heterocycles. The third-order valence-corrected chi connectivity index (χ3v) is 4.75. The Bertz CT molecular complexity index is 1040. The van der Waals surface area contributed by atoms with Crippen LogP contribution in [0.3, 0.4) is 0 Å². The van der Waals surface area contributed by atoms with Gasteiger partial charge in [0.05, 0.1) is 18.2 Å². The summed E-state index contributed by atoms with van der Waals surface area (Å²) >= 11 is 1.37. The molecule has 0 spiro atoms. The fourth-order valence-corrected chi connectivity index (χ4v) is 3.41. The van der Waals surface area contributed by atoms with Gasteiger partial charge in [0.1, 0.15) is 16.3 Å². The van der Waals surface area contributed by atoms with Crippen LogP contribution in [0.25, 0.3) is 33.0 Å². The molecule has 0 radical (unpaired) electrons. The fourth-order valence-electron chi connectivity index (χ4n) is 2.74. The van der Waals surface area contributed by atoms with E-state index in [1.54, 1.807) is 7.11 Å². The molecule has 0 aliphatic carbocycles. The maximum atomic E-state index is 5.40. The van der Waals surface area contributed by atoms with Gasteiger partial charge in [0.2, 0.25) is 0 Å². The van der Waals surface area contributed by atoms with Gasteiger partial charge in [-0.15, -0.1) is 5.10 Å². The van der Waals surface area contributed by atoms with Crippen molar-refractivity contribution < 1.29 is 4.74 Å². The number of hydrogen-bond donors (Lipinski definition) is 0. The first-order valence-electron chi connectivity index (χ1n) is 8.00. The van der Waals surface area contributed by atoms with Gasteiger partial charge in [-0.3, -0.25) is 0 Å². The van der Waals surface area contributed by atoms with E-state index in [-0.39, 0.29) is 6.04 Å². The van der Waals surface area contributed by atoms with Crippen molar-refractivity contribution in [2.45, 2.75) is 19.9 Å². The van der Waals surface area contributed by atoms with Gasteiger partial charge in [0.15, 0.2) is 5.82 Å². The maximum absolute atomic E-state index is 5.40. The molecular weight excluding hydrogens is 334 g/mol. The highest BCUT2D eigenvalue weighted by atomic mass is 32.1. The van der Waals surface area contributed by atoms with Crippen LogP contribution >= 0.6 is 11.5 Å². The number of fused-ring (bicyclic) bond motifs is 1. The van der Waals surface area contributed by atoms with Crippen LogP contribution in [0.5, 0.6) is 5.75 Å². The van der Waals surface area contributed by atoms with Gasteiger partial charge < -0.3 is 4.74 Å². The Balaban J connectivity index is 1.74. The van der Waals surface area contributed by atoms with E-state index in [0.717, 1.165) is 32.9 Å². The molecule has 0 bridgehead atoms. The zero-order valence-corrected chi connectivity index (χ0v) is 15.0. The number of hydrogen-bond acceptors (Lipinski definition) is 6. The molecule has 0 saturated carbocycles. The lowest BCUT2D eigenvalue weighted by Gasteiger charge is -2.05. The van der Waals surface area contributed by atoms with E-state index in [1.807, 2.05) is 47.1 Å². The van der Waals surface area contributed by atoms with E-state index in [0.29, 0.717) is 5.82 Å².